The Hall–Kier alpha value is -4.08. The zero-order valence-electron chi connectivity index (χ0n) is 18.4. The fraction of sp³-hybridized carbons (Fsp3) is 0.0800. The van der Waals surface area contributed by atoms with Crippen molar-refractivity contribution in [1.29, 1.82) is 0 Å². The number of nitrogens with zero attached hydrogens (tertiary/aromatic N) is 4. The number of aromatic nitrogens is 4. The van der Waals surface area contributed by atoms with Crippen LogP contribution in [0.1, 0.15) is 11.1 Å². The monoisotopic (exact) mass is 470 g/mol. The van der Waals surface area contributed by atoms with E-state index >= 15 is 0 Å². The zero-order valence-corrected chi connectivity index (χ0v) is 19.2. The Labute approximate surface area is 197 Å². The number of anilines is 2. The second kappa shape index (κ2) is 9.05. The highest BCUT2D eigenvalue weighted by Gasteiger charge is 2.15. The van der Waals surface area contributed by atoms with Crippen LogP contribution < -0.4 is 10.0 Å². The van der Waals surface area contributed by atoms with Gasteiger partial charge in [0.2, 0.25) is 10.0 Å². The summed E-state index contributed by atoms with van der Waals surface area (Å²) in [6, 6.07) is 22.0. The molecule has 9 heteroatoms. The van der Waals surface area contributed by atoms with Crippen LogP contribution in [0.15, 0.2) is 96.3 Å². The van der Waals surface area contributed by atoms with Gasteiger partial charge in [-0.1, -0.05) is 36.4 Å². The van der Waals surface area contributed by atoms with E-state index in [4.69, 9.17) is 4.98 Å². The van der Waals surface area contributed by atoms with E-state index in [9.17, 15) is 8.42 Å². The molecule has 0 fully saturated rings. The quantitative estimate of drug-likeness (QED) is 0.367. The summed E-state index contributed by atoms with van der Waals surface area (Å²) in [4.78, 5) is 8.95. The van der Waals surface area contributed by atoms with Gasteiger partial charge in [0.05, 0.1) is 16.8 Å². The van der Waals surface area contributed by atoms with Gasteiger partial charge in [0.25, 0.3) is 0 Å². The molecule has 0 radical (unpaired) electrons. The summed E-state index contributed by atoms with van der Waals surface area (Å²) in [5, 5.41) is 7.78. The van der Waals surface area contributed by atoms with Gasteiger partial charge in [-0.05, 0) is 42.8 Å². The molecule has 0 spiro atoms. The molecule has 0 aliphatic heterocycles. The second-order valence-corrected chi connectivity index (χ2v) is 9.56. The number of fused-ring (bicyclic) bond motifs is 1. The Balaban J connectivity index is 1.40. The highest BCUT2D eigenvalue weighted by molar-refractivity contribution is 7.89. The molecule has 3 heterocycles. The lowest BCUT2D eigenvalue weighted by Gasteiger charge is -2.12. The zero-order chi connectivity index (χ0) is 23.5. The standard InChI is InChI=1S/C25H22N6O2S/c1-18-15-27-31-24(14-23(30-25(18)31)20-7-3-2-4-8-20)29-21-9-11-22(12-10-21)34(32,33)28-17-19-6-5-13-26-16-19/h2-16,28-29H,17H2,1H3. The Morgan fingerprint density at radius 3 is 2.47 bits per heavy atom. The molecule has 0 saturated carbocycles. The predicted molar refractivity (Wildman–Crippen MR) is 131 cm³/mol. The first kappa shape index (κ1) is 21.7. The highest BCUT2D eigenvalue weighted by atomic mass is 32.2. The molecule has 170 valence electrons. The van der Waals surface area contributed by atoms with Crippen molar-refractivity contribution in [2.24, 2.45) is 0 Å². The first-order valence-electron chi connectivity index (χ1n) is 10.7. The van der Waals surface area contributed by atoms with Crippen molar-refractivity contribution in [3.63, 3.8) is 0 Å². The van der Waals surface area contributed by atoms with E-state index in [-0.39, 0.29) is 11.4 Å². The molecule has 0 atom stereocenters. The lowest BCUT2D eigenvalue weighted by atomic mass is 10.1. The van der Waals surface area contributed by atoms with Gasteiger partial charge in [0.1, 0.15) is 5.82 Å². The molecule has 5 aromatic rings. The number of hydrogen-bond acceptors (Lipinski definition) is 6. The summed E-state index contributed by atoms with van der Waals surface area (Å²) in [5.74, 6) is 0.724. The molecule has 2 aromatic carbocycles. The van der Waals surface area contributed by atoms with E-state index in [0.29, 0.717) is 0 Å². The summed E-state index contributed by atoms with van der Waals surface area (Å²) < 4.78 is 29.7. The predicted octanol–water partition coefficient (Wildman–Crippen LogP) is 4.32. The average molecular weight is 471 g/mol. The van der Waals surface area contributed by atoms with Gasteiger partial charge in [0.15, 0.2) is 5.65 Å². The summed E-state index contributed by atoms with van der Waals surface area (Å²) >= 11 is 0. The van der Waals surface area contributed by atoms with Crippen LogP contribution >= 0.6 is 0 Å². The molecule has 0 amide bonds. The Morgan fingerprint density at radius 1 is 0.941 bits per heavy atom. The summed E-state index contributed by atoms with van der Waals surface area (Å²) in [5.41, 5.74) is 5.04. The SMILES string of the molecule is Cc1cnn2c(Nc3ccc(S(=O)(=O)NCc4cccnc4)cc3)cc(-c3ccccc3)nc12. The van der Waals surface area contributed by atoms with E-state index in [1.165, 1.54) is 0 Å². The van der Waals surface area contributed by atoms with Crippen LogP contribution in [0.3, 0.4) is 0 Å². The Morgan fingerprint density at radius 2 is 1.74 bits per heavy atom. The highest BCUT2D eigenvalue weighted by Crippen LogP contribution is 2.26. The average Bonchev–Trinajstić information content (AvgIpc) is 3.25. The van der Waals surface area contributed by atoms with Crippen molar-refractivity contribution in [3.8, 4) is 11.3 Å². The molecule has 0 saturated heterocycles. The molecular formula is C25H22N6O2S. The Bertz CT molecular complexity index is 1530. The third kappa shape index (κ3) is 4.52. The largest absolute Gasteiger partial charge is 0.340 e. The molecule has 2 N–H and O–H groups in total. The Kier molecular flexibility index (Phi) is 5.79. The van der Waals surface area contributed by atoms with Crippen molar-refractivity contribution in [1.82, 2.24) is 24.3 Å². The van der Waals surface area contributed by atoms with Crippen molar-refractivity contribution in [2.75, 3.05) is 5.32 Å². The number of hydrogen-bond donors (Lipinski definition) is 2. The second-order valence-electron chi connectivity index (χ2n) is 7.79. The number of sulfonamides is 1. The number of rotatable bonds is 7. The molecule has 0 aliphatic carbocycles. The van der Waals surface area contributed by atoms with Crippen LogP contribution in [-0.4, -0.2) is 28.0 Å². The third-order valence-corrected chi connectivity index (χ3v) is 6.76. The lowest BCUT2D eigenvalue weighted by Crippen LogP contribution is -2.23. The van der Waals surface area contributed by atoms with E-state index in [0.717, 1.165) is 39.5 Å². The van der Waals surface area contributed by atoms with Gasteiger partial charge < -0.3 is 5.32 Å². The summed E-state index contributed by atoms with van der Waals surface area (Å²) in [6.45, 7) is 2.14. The van der Waals surface area contributed by atoms with Gasteiger partial charge in [-0.25, -0.2) is 18.1 Å². The number of aryl methyl sites for hydroxylation is 1. The van der Waals surface area contributed by atoms with Crippen molar-refractivity contribution in [2.45, 2.75) is 18.4 Å². The molecular weight excluding hydrogens is 448 g/mol. The number of benzene rings is 2. The van der Waals surface area contributed by atoms with Gasteiger partial charge in [-0.3, -0.25) is 4.98 Å². The molecule has 34 heavy (non-hydrogen) atoms. The number of pyridine rings is 1. The van der Waals surface area contributed by atoms with Crippen LogP contribution in [0.5, 0.6) is 0 Å². The van der Waals surface area contributed by atoms with E-state index in [1.807, 2.05) is 49.4 Å². The molecule has 8 nitrogen and oxygen atoms in total. The van der Waals surface area contributed by atoms with E-state index in [2.05, 4.69) is 20.1 Å². The maximum atomic E-state index is 12.7. The van der Waals surface area contributed by atoms with Crippen LogP contribution in [0.25, 0.3) is 16.9 Å². The van der Waals surface area contributed by atoms with Gasteiger partial charge in [-0.2, -0.15) is 9.61 Å². The van der Waals surface area contributed by atoms with E-state index in [1.54, 1.807) is 53.4 Å². The molecule has 0 bridgehead atoms. The number of nitrogens with one attached hydrogen (secondary N) is 2. The maximum absolute atomic E-state index is 12.7. The topological polar surface area (TPSA) is 101 Å². The molecule has 0 aliphatic rings. The third-order valence-electron chi connectivity index (χ3n) is 5.34. The van der Waals surface area contributed by atoms with Gasteiger partial charge in [-0.15, -0.1) is 0 Å². The fourth-order valence-corrected chi connectivity index (χ4v) is 4.57. The van der Waals surface area contributed by atoms with Crippen LogP contribution in [0.2, 0.25) is 0 Å². The van der Waals surface area contributed by atoms with Gasteiger partial charge in [0, 0.05) is 41.8 Å². The minimum absolute atomic E-state index is 0.173. The van der Waals surface area contributed by atoms with E-state index < -0.39 is 10.0 Å². The van der Waals surface area contributed by atoms with Crippen LogP contribution in [0, 0.1) is 6.92 Å². The molecule has 0 unspecified atom stereocenters. The minimum atomic E-state index is -3.66. The summed E-state index contributed by atoms with van der Waals surface area (Å²) in [7, 11) is -3.66. The smallest absolute Gasteiger partial charge is 0.240 e. The van der Waals surface area contributed by atoms with Crippen molar-refractivity contribution in [3.05, 3.63) is 103 Å². The van der Waals surface area contributed by atoms with Crippen LogP contribution in [0.4, 0.5) is 11.5 Å². The van der Waals surface area contributed by atoms with Crippen LogP contribution in [-0.2, 0) is 16.6 Å². The first-order valence-corrected chi connectivity index (χ1v) is 12.1. The normalized spacial score (nSPS) is 11.6. The minimum Gasteiger partial charge on any atom is -0.340 e. The lowest BCUT2D eigenvalue weighted by molar-refractivity contribution is 0.581. The van der Waals surface area contributed by atoms with Gasteiger partial charge >= 0.3 is 0 Å². The summed E-state index contributed by atoms with van der Waals surface area (Å²) in [6.07, 6.45) is 5.05. The fourth-order valence-electron chi connectivity index (χ4n) is 3.55. The first-order chi connectivity index (χ1) is 16.5. The van der Waals surface area contributed by atoms with Crippen molar-refractivity contribution >= 4 is 27.2 Å². The molecule has 5 rings (SSSR count). The maximum Gasteiger partial charge on any atom is 0.240 e. The molecule has 3 aromatic heterocycles. The van der Waals surface area contributed by atoms with Crippen molar-refractivity contribution < 1.29 is 8.42 Å².